The smallest absolute Gasteiger partial charge is 0.355 e. The highest BCUT2D eigenvalue weighted by Gasteiger charge is 2.14. The molecule has 0 aliphatic heterocycles. The second-order valence-electron chi connectivity index (χ2n) is 4.76. The molecule has 2 aromatic rings. The zero-order valence-electron chi connectivity index (χ0n) is 11.9. The fourth-order valence-corrected chi connectivity index (χ4v) is 1.92. The second-order valence-corrected chi connectivity index (χ2v) is 4.76. The van der Waals surface area contributed by atoms with Crippen molar-refractivity contribution < 1.29 is 14.3 Å². The van der Waals surface area contributed by atoms with Crippen molar-refractivity contribution in [2.24, 2.45) is 7.05 Å². The maximum Gasteiger partial charge on any atom is 0.355 e. The summed E-state index contributed by atoms with van der Waals surface area (Å²) >= 11 is 0. The Labute approximate surface area is 122 Å². The third kappa shape index (κ3) is 3.85. The van der Waals surface area contributed by atoms with Gasteiger partial charge in [-0.1, -0.05) is 12.1 Å². The molecule has 110 valence electrons. The minimum absolute atomic E-state index is 0.302. The van der Waals surface area contributed by atoms with Gasteiger partial charge in [-0.25, -0.2) is 4.79 Å². The first-order valence-electron chi connectivity index (χ1n) is 6.41. The number of esters is 1. The molecular formula is C15H17N3O3. The van der Waals surface area contributed by atoms with Crippen molar-refractivity contribution in [2.75, 3.05) is 17.7 Å². The molecule has 0 bridgehead atoms. The number of aromatic nitrogens is 1. The molecule has 6 nitrogen and oxygen atoms in total. The summed E-state index contributed by atoms with van der Waals surface area (Å²) in [7, 11) is 1.68. The maximum atomic E-state index is 11.8. The van der Waals surface area contributed by atoms with Crippen LogP contribution in [-0.4, -0.2) is 23.1 Å². The van der Waals surface area contributed by atoms with E-state index in [2.05, 4.69) is 5.32 Å². The van der Waals surface area contributed by atoms with E-state index in [9.17, 15) is 9.59 Å². The van der Waals surface area contributed by atoms with Gasteiger partial charge in [0.05, 0.1) is 5.69 Å². The number of ether oxygens (including phenoxy) is 1. The largest absolute Gasteiger partial charge is 0.451 e. The van der Waals surface area contributed by atoms with Gasteiger partial charge in [-0.2, -0.15) is 0 Å². The Balaban J connectivity index is 1.89. The van der Waals surface area contributed by atoms with Crippen molar-refractivity contribution in [1.82, 2.24) is 4.57 Å². The zero-order valence-corrected chi connectivity index (χ0v) is 11.9. The molecule has 1 aromatic carbocycles. The highest BCUT2D eigenvalue weighted by atomic mass is 16.5. The Bertz CT molecular complexity index is 677. The summed E-state index contributed by atoms with van der Waals surface area (Å²) in [4.78, 5) is 23.5. The van der Waals surface area contributed by atoms with Gasteiger partial charge in [0, 0.05) is 18.9 Å². The van der Waals surface area contributed by atoms with Gasteiger partial charge in [0.2, 0.25) is 0 Å². The van der Waals surface area contributed by atoms with Crippen LogP contribution in [0.5, 0.6) is 0 Å². The molecule has 3 N–H and O–H groups in total. The molecule has 0 aliphatic carbocycles. The Kier molecular flexibility index (Phi) is 4.27. The molecule has 0 aliphatic rings. The number of carbonyl (C=O) groups is 2. The molecule has 0 spiro atoms. The van der Waals surface area contributed by atoms with Crippen molar-refractivity contribution in [2.45, 2.75) is 6.92 Å². The third-order valence-corrected chi connectivity index (χ3v) is 2.87. The van der Waals surface area contributed by atoms with Crippen LogP contribution in [0.3, 0.4) is 0 Å². The average Bonchev–Trinajstić information content (AvgIpc) is 2.75. The standard InChI is InChI=1S/C15H17N3O3/c1-10-4-3-5-12(6-10)17-14(19)9-21-15(20)13-7-11(16)8-18(13)2/h3-8H,9,16H2,1-2H3,(H,17,19). The van der Waals surface area contributed by atoms with E-state index >= 15 is 0 Å². The van der Waals surface area contributed by atoms with E-state index < -0.39 is 11.9 Å². The number of rotatable bonds is 4. The fraction of sp³-hybridized carbons (Fsp3) is 0.200. The molecule has 0 atom stereocenters. The molecule has 1 aromatic heterocycles. The van der Waals surface area contributed by atoms with Crippen LogP contribution in [0.2, 0.25) is 0 Å². The number of nitrogens with two attached hydrogens (primary N) is 1. The van der Waals surface area contributed by atoms with Gasteiger partial charge in [-0.05, 0) is 30.7 Å². The topological polar surface area (TPSA) is 86.3 Å². The van der Waals surface area contributed by atoms with Crippen LogP contribution in [-0.2, 0) is 16.6 Å². The number of amides is 1. The van der Waals surface area contributed by atoms with Crippen molar-refractivity contribution >= 4 is 23.3 Å². The molecule has 2 rings (SSSR count). The Hall–Kier alpha value is -2.76. The van der Waals surface area contributed by atoms with Crippen LogP contribution in [0.4, 0.5) is 11.4 Å². The molecule has 0 saturated carbocycles. The van der Waals surface area contributed by atoms with E-state index in [1.165, 1.54) is 6.07 Å². The summed E-state index contributed by atoms with van der Waals surface area (Å²) in [6.45, 7) is 1.58. The summed E-state index contributed by atoms with van der Waals surface area (Å²) in [5.74, 6) is -0.982. The van der Waals surface area contributed by atoms with Crippen LogP contribution in [0.1, 0.15) is 16.1 Å². The number of carbonyl (C=O) groups excluding carboxylic acids is 2. The highest BCUT2D eigenvalue weighted by Crippen LogP contribution is 2.11. The van der Waals surface area contributed by atoms with Gasteiger partial charge < -0.3 is 20.4 Å². The van der Waals surface area contributed by atoms with E-state index in [1.807, 2.05) is 25.1 Å². The van der Waals surface area contributed by atoms with Crippen molar-refractivity contribution in [1.29, 1.82) is 0 Å². The van der Waals surface area contributed by atoms with E-state index in [1.54, 1.807) is 23.9 Å². The predicted molar refractivity (Wildman–Crippen MR) is 79.9 cm³/mol. The summed E-state index contributed by atoms with van der Waals surface area (Å²) in [5, 5.41) is 2.66. The van der Waals surface area contributed by atoms with E-state index in [0.29, 0.717) is 17.1 Å². The highest BCUT2D eigenvalue weighted by molar-refractivity contribution is 5.95. The Morgan fingerprint density at radius 3 is 2.71 bits per heavy atom. The van der Waals surface area contributed by atoms with E-state index in [0.717, 1.165) is 5.56 Å². The Morgan fingerprint density at radius 1 is 1.33 bits per heavy atom. The third-order valence-electron chi connectivity index (χ3n) is 2.87. The van der Waals surface area contributed by atoms with Crippen LogP contribution in [0.15, 0.2) is 36.5 Å². The van der Waals surface area contributed by atoms with E-state index in [4.69, 9.17) is 10.5 Å². The number of hydrogen-bond donors (Lipinski definition) is 2. The molecule has 0 unspecified atom stereocenters. The molecule has 1 amide bonds. The lowest BCUT2D eigenvalue weighted by Crippen LogP contribution is -2.21. The number of benzene rings is 1. The fourth-order valence-electron chi connectivity index (χ4n) is 1.92. The molecule has 1 heterocycles. The van der Waals surface area contributed by atoms with Gasteiger partial charge in [0.15, 0.2) is 6.61 Å². The lowest BCUT2D eigenvalue weighted by molar-refractivity contribution is -0.119. The normalized spacial score (nSPS) is 10.2. The average molecular weight is 287 g/mol. The summed E-state index contributed by atoms with van der Waals surface area (Å²) in [6.07, 6.45) is 1.60. The Morgan fingerprint density at radius 2 is 2.10 bits per heavy atom. The number of hydrogen-bond acceptors (Lipinski definition) is 4. The predicted octanol–water partition coefficient (Wildman–Crippen LogP) is 1.71. The van der Waals surface area contributed by atoms with Gasteiger partial charge in [-0.15, -0.1) is 0 Å². The lowest BCUT2D eigenvalue weighted by atomic mass is 10.2. The first kappa shape index (κ1) is 14.6. The molecule has 0 saturated heterocycles. The van der Waals surface area contributed by atoms with Crippen LogP contribution in [0.25, 0.3) is 0 Å². The van der Waals surface area contributed by atoms with Crippen LogP contribution in [0, 0.1) is 6.92 Å². The number of anilines is 2. The minimum atomic E-state index is -0.589. The van der Waals surface area contributed by atoms with Crippen molar-refractivity contribution in [3.8, 4) is 0 Å². The number of nitrogens with one attached hydrogen (secondary N) is 1. The van der Waals surface area contributed by atoms with Gasteiger partial charge in [0.25, 0.3) is 5.91 Å². The van der Waals surface area contributed by atoms with Crippen LogP contribution >= 0.6 is 0 Å². The number of aryl methyl sites for hydroxylation is 2. The number of nitrogens with zero attached hydrogens (tertiary/aromatic N) is 1. The van der Waals surface area contributed by atoms with Crippen molar-refractivity contribution in [3.63, 3.8) is 0 Å². The summed E-state index contributed by atoms with van der Waals surface area (Å²) in [5.41, 5.74) is 8.05. The molecule has 6 heteroatoms. The van der Waals surface area contributed by atoms with E-state index in [-0.39, 0.29) is 6.61 Å². The summed E-state index contributed by atoms with van der Waals surface area (Å²) in [6, 6.07) is 8.86. The minimum Gasteiger partial charge on any atom is -0.451 e. The summed E-state index contributed by atoms with van der Waals surface area (Å²) < 4.78 is 6.51. The van der Waals surface area contributed by atoms with Crippen molar-refractivity contribution in [3.05, 3.63) is 47.8 Å². The quantitative estimate of drug-likeness (QED) is 0.838. The van der Waals surface area contributed by atoms with Crippen LogP contribution < -0.4 is 11.1 Å². The van der Waals surface area contributed by atoms with Gasteiger partial charge >= 0.3 is 5.97 Å². The first-order chi connectivity index (χ1) is 9.95. The molecule has 0 radical (unpaired) electrons. The van der Waals surface area contributed by atoms with Gasteiger partial charge in [0.1, 0.15) is 5.69 Å². The lowest BCUT2D eigenvalue weighted by Gasteiger charge is -2.07. The molecule has 21 heavy (non-hydrogen) atoms. The van der Waals surface area contributed by atoms with Gasteiger partial charge in [-0.3, -0.25) is 4.79 Å². The first-order valence-corrected chi connectivity index (χ1v) is 6.41. The monoisotopic (exact) mass is 287 g/mol. The zero-order chi connectivity index (χ0) is 15.4. The number of nitrogen functional groups attached to an aromatic ring is 1. The molecule has 0 fully saturated rings. The maximum absolute atomic E-state index is 11.8. The SMILES string of the molecule is Cc1cccc(NC(=O)COC(=O)c2cc(N)cn2C)c1. The molecular weight excluding hydrogens is 270 g/mol. The second kappa shape index (κ2) is 6.13.